The van der Waals surface area contributed by atoms with E-state index in [0.717, 1.165) is 0 Å². The van der Waals surface area contributed by atoms with E-state index in [1.54, 1.807) is 24.3 Å². The van der Waals surface area contributed by atoms with E-state index in [-0.39, 0.29) is 17.1 Å². The van der Waals surface area contributed by atoms with Gasteiger partial charge < -0.3 is 10.4 Å². The van der Waals surface area contributed by atoms with Gasteiger partial charge in [0.05, 0.1) is 5.57 Å². The van der Waals surface area contributed by atoms with Crippen molar-refractivity contribution in [2.24, 2.45) is 0 Å². The summed E-state index contributed by atoms with van der Waals surface area (Å²) in [7, 11) is 0. The maximum absolute atomic E-state index is 11.5. The second-order valence-corrected chi connectivity index (χ2v) is 3.30. The van der Waals surface area contributed by atoms with Gasteiger partial charge in [0.2, 0.25) is 0 Å². The van der Waals surface area contributed by atoms with E-state index in [0.29, 0.717) is 11.3 Å². The molecule has 1 aromatic rings. The second kappa shape index (κ2) is 3.24. The Balaban J connectivity index is 2.66. The van der Waals surface area contributed by atoms with E-state index in [2.05, 4.69) is 5.32 Å². The van der Waals surface area contributed by atoms with Crippen molar-refractivity contribution < 1.29 is 14.7 Å². The van der Waals surface area contributed by atoms with Crippen molar-refractivity contribution in [1.82, 2.24) is 0 Å². The van der Waals surface area contributed by atoms with Crippen molar-refractivity contribution in [3.8, 4) is 0 Å². The van der Waals surface area contributed by atoms with Crippen LogP contribution in [0.2, 0.25) is 0 Å². The standard InChI is InChI=1S/C11H9NO3/c1-6(11(14)15)9-7-4-2-3-5-8(7)12-10(9)13/h2-5H,1H3,(H,12,13)(H,14,15)/b9-6+. The Kier molecular flexibility index (Phi) is 2.04. The molecule has 4 nitrogen and oxygen atoms in total. The molecule has 0 saturated heterocycles. The van der Waals surface area contributed by atoms with Gasteiger partial charge in [-0.05, 0) is 13.0 Å². The average Bonchev–Trinajstić information content (AvgIpc) is 2.52. The minimum absolute atomic E-state index is 0.0671. The van der Waals surface area contributed by atoms with Gasteiger partial charge in [-0.25, -0.2) is 4.79 Å². The summed E-state index contributed by atoms with van der Waals surface area (Å²) < 4.78 is 0. The summed E-state index contributed by atoms with van der Waals surface area (Å²) in [5.41, 5.74) is 1.64. The van der Waals surface area contributed by atoms with Crippen LogP contribution in [0.4, 0.5) is 5.69 Å². The Morgan fingerprint density at radius 1 is 1.33 bits per heavy atom. The average molecular weight is 203 g/mol. The van der Waals surface area contributed by atoms with Crippen LogP contribution in [0.1, 0.15) is 12.5 Å². The monoisotopic (exact) mass is 203 g/mol. The molecule has 0 atom stereocenters. The number of benzene rings is 1. The van der Waals surface area contributed by atoms with Crippen molar-refractivity contribution >= 4 is 23.1 Å². The van der Waals surface area contributed by atoms with Crippen molar-refractivity contribution in [2.45, 2.75) is 6.92 Å². The normalized spacial score (nSPS) is 17.0. The predicted molar refractivity (Wildman–Crippen MR) is 55.3 cm³/mol. The number of carboxylic acids is 1. The van der Waals surface area contributed by atoms with Gasteiger partial charge in [0.1, 0.15) is 0 Å². The molecule has 0 unspecified atom stereocenters. The molecule has 1 aliphatic heterocycles. The molecule has 0 saturated carbocycles. The molecular formula is C11H9NO3. The quantitative estimate of drug-likeness (QED) is 0.679. The summed E-state index contributed by atoms with van der Waals surface area (Å²) in [5, 5.41) is 11.5. The number of rotatable bonds is 1. The third-order valence-electron chi connectivity index (χ3n) is 2.37. The van der Waals surface area contributed by atoms with Crippen molar-refractivity contribution in [1.29, 1.82) is 0 Å². The van der Waals surface area contributed by atoms with Crippen LogP contribution in [0.15, 0.2) is 29.8 Å². The minimum atomic E-state index is -1.07. The Labute approximate surface area is 86.2 Å². The minimum Gasteiger partial charge on any atom is -0.478 e. The summed E-state index contributed by atoms with van der Waals surface area (Å²) in [6, 6.07) is 7.04. The lowest BCUT2D eigenvalue weighted by molar-refractivity contribution is -0.132. The number of nitrogens with one attached hydrogen (secondary N) is 1. The van der Waals surface area contributed by atoms with Crippen LogP contribution in [0.25, 0.3) is 5.57 Å². The number of carboxylic acid groups (broad SMARTS) is 1. The van der Waals surface area contributed by atoms with Crippen LogP contribution >= 0.6 is 0 Å². The smallest absolute Gasteiger partial charge is 0.332 e. The van der Waals surface area contributed by atoms with E-state index >= 15 is 0 Å². The number of hydrogen-bond acceptors (Lipinski definition) is 2. The van der Waals surface area contributed by atoms with E-state index in [1.807, 2.05) is 0 Å². The van der Waals surface area contributed by atoms with E-state index in [1.165, 1.54) is 6.92 Å². The summed E-state index contributed by atoms with van der Waals surface area (Å²) in [6.45, 7) is 1.43. The highest BCUT2D eigenvalue weighted by Crippen LogP contribution is 2.33. The lowest BCUT2D eigenvalue weighted by Crippen LogP contribution is -2.09. The first-order valence-corrected chi connectivity index (χ1v) is 4.46. The van der Waals surface area contributed by atoms with Gasteiger partial charge in [-0.2, -0.15) is 0 Å². The number of para-hydroxylation sites is 1. The fourth-order valence-electron chi connectivity index (χ4n) is 1.60. The zero-order chi connectivity index (χ0) is 11.0. The Hall–Kier alpha value is -2.10. The Bertz CT molecular complexity index is 488. The molecule has 0 aliphatic carbocycles. The number of anilines is 1. The van der Waals surface area contributed by atoms with Gasteiger partial charge in [-0.15, -0.1) is 0 Å². The summed E-state index contributed by atoms with van der Waals surface area (Å²) in [6.07, 6.45) is 0. The van der Waals surface area contributed by atoms with Gasteiger partial charge in [0, 0.05) is 16.8 Å². The van der Waals surface area contributed by atoms with Crippen molar-refractivity contribution in [3.05, 3.63) is 35.4 Å². The summed E-state index contributed by atoms with van der Waals surface area (Å²) in [4.78, 5) is 22.3. The number of amides is 1. The van der Waals surface area contributed by atoms with Crippen LogP contribution in [0.5, 0.6) is 0 Å². The maximum Gasteiger partial charge on any atom is 0.332 e. The lowest BCUT2D eigenvalue weighted by Gasteiger charge is -1.99. The number of carbonyl (C=O) groups excluding carboxylic acids is 1. The number of hydrogen-bond donors (Lipinski definition) is 2. The molecule has 2 rings (SSSR count). The highest BCUT2D eigenvalue weighted by Gasteiger charge is 2.27. The van der Waals surface area contributed by atoms with E-state index < -0.39 is 5.97 Å². The fraction of sp³-hybridized carbons (Fsp3) is 0.0909. The first-order valence-electron chi connectivity index (χ1n) is 4.46. The molecule has 0 radical (unpaired) electrons. The third kappa shape index (κ3) is 1.40. The SMILES string of the molecule is C/C(C(=O)O)=C1\C(=O)Nc2ccccc21. The first-order chi connectivity index (χ1) is 7.11. The van der Waals surface area contributed by atoms with Gasteiger partial charge >= 0.3 is 5.97 Å². The molecule has 0 fully saturated rings. The molecule has 0 spiro atoms. The lowest BCUT2D eigenvalue weighted by atomic mass is 10.0. The highest BCUT2D eigenvalue weighted by atomic mass is 16.4. The molecule has 76 valence electrons. The molecule has 1 amide bonds. The number of carbonyl (C=O) groups is 2. The number of aliphatic carboxylic acids is 1. The molecule has 1 aliphatic rings. The molecule has 15 heavy (non-hydrogen) atoms. The first kappa shape index (κ1) is 9.45. The van der Waals surface area contributed by atoms with Crippen molar-refractivity contribution in [3.63, 3.8) is 0 Å². The maximum atomic E-state index is 11.5. The van der Waals surface area contributed by atoms with Crippen LogP contribution in [0.3, 0.4) is 0 Å². The van der Waals surface area contributed by atoms with E-state index in [9.17, 15) is 9.59 Å². The largest absolute Gasteiger partial charge is 0.478 e. The molecule has 0 bridgehead atoms. The highest BCUT2D eigenvalue weighted by molar-refractivity contribution is 6.34. The molecule has 1 aromatic carbocycles. The van der Waals surface area contributed by atoms with Gasteiger partial charge in [-0.3, -0.25) is 4.79 Å². The van der Waals surface area contributed by atoms with E-state index in [4.69, 9.17) is 5.11 Å². The third-order valence-corrected chi connectivity index (χ3v) is 2.37. The zero-order valence-corrected chi connectivity index (χ0v) is 8.07. The second-order valence-electron chi connectivity index (χ2n) is 3.30. The summed E-state index contributed by atoms with van der Waals surface area (Å²) in [5.74, 6) is -1.42. The molecule has 2 N–H and O–H groups in total. The molecule has 0 aromatic heterocycles. The fourth-order valence-corrected chi connectivity index (χ4v) is 1.60. The van der Waals surface area contributed by atoms with Crippen LogP contribution in [-0.4, -0.2) is 17.0 Å². The predicted octanol–water partition coefficient (Wildman–Crippen LogP) is 1.50. The number of fused-ring (bicyclic) bond motifs is 1. The Morgan fingerprint density at radius 2 is 2.00 bits per heavy atom. The molecule has 1 heterocycles. The Morgan fingerprint density at radius 3 is 2.67 bits per heavy atom. The summed E-state index contributed by atoms with van der Waals surface area (Å²) >= 11 is 0. The molecular weight excluding hydrogens is 194 g/mol. The van der Waals surface area contributed by atoms with Crippen LogP contribution in [-0.2, 0) is 9.59 Å². The van der Waals surface area contributed by atoms with Gasteiger partial charge in [0.15, 0.2) is 0 Å². The van der Waals surface area contributed by atoms with Gasteiger partial charge in [0.25, 0.3) is 5.91 Å². The molecule has 4 heteroatoms. The van der Waals surface area contributed by atoms with Crippen molar-refractivity contribution in [2.75, 3.05) is 5.32 Å². The zero-order valence-electron chi connectivity index (χ0n) is 8.07. The van der Waals surface area contributed by atoms with Gasteiger partial charge in [-0.1, -0.05) is 18.2 Å². The van der Waals surface area contributed by atoms with Crippen LogP contribution in [0, 0.1) is 0 Å². The topological polar surface area (TPSA) is 66.4 Å². The van der Waals surface area contributed by atoms with Crippen LogP contribution < -0.4 is 5.32 Å².